The Balaban J connectivity index is 2.10. The minimum atomic E-state index is -0.205. The average Bonchev–Trinajstić information content (AvgIpc) is 2.75. The number of hydrogen-bond acceptors (Lipinski definition) is 1. The molecule has 0 aromatic heterocycles. The number of amides is 2. The zero-order valence-corrected chi connectivity index (χ0v) is 13.0. The second kappa shape index (κ2) is 7.43. The fourth-order valence-electron chi connectivity index (χ4n) is 3.02. The van der Waals surface area contributed by atoms with Gasteiger partial charge in [-0.15, -0.1) is 0 Å². The topological polar surface area (TPSA) is 23.6 Å². The van der Waals surface area contributed by atoms with Crippen LogP contribution in [0.2, 0.25) is 0 Å². The van der Waals surface area contributed by atoms with Crippen LogP contribution in [-0.2, 0) is 0 Å². The van der Waals surface area contributed by atoms with Crippen molar-refractivity contribution in [3.05, 3.63) is 35.6 Å². The molecule has 4 heteroatoms. The number of rotatable bonds is 3. The number of nitrogens with zero attached hydrogens (tertiary/aromatic N) is 2. The first-order valence-electron chi connectivity index (χ1n) is 7.95. The highest BCUT2D eigenvalue weighted by molar-refractivity contribution is 5.74. The molecule has 3 nitrogen and oxygen atoms in total. The monoisotopic (exact) mass is 292 g/mol. The first-order chi connectivity index (χ1) is 10.2. The molecular weight excluding hydrogens is 267 g/mol. The fraction of sp³-hybridized carbons (Fsp3) is 0.588. The Kier molecular flexibility index (Phi) is 5.59. The molecule has 2 amide bonds. The van der Waals surface area contributed by atoms with Crippen molar-refractivity contribution in [3.8, 4) is 0 Å². The van der Waals surface area contributed by atoms with Crippen LogP contribution in [0.15, 0.2) is 24.3 Å². The molecule has 2 rings (SSSR count). The first kappa shape index (κ1) is 15.8. The van der Waals surface area contributed by atoms with E-state index in [1.165, 1.54) is 12.1 Å². The summed E-state index contributed by atoms with van der Waals surface area (Å²) in [5.41, 5.74) is 1.13. The van der Waals surface area contributed by atoms with Crippen molar-refractivity contribution in [1.82, 2.24) is 9.80 Å². The van der Waals surface area contributed by atoms with Gasteiger partial charge in [0, 0.05) is 32.1 Å². The van der Waals surface area contributed by atoms with Crippen molar-refractivity contribution in [2.75, 3.05) is 26.2 Å². The van der Waals surface area contributed by atoms with E-state index in [1.54, 1.807) is 0 Å². The van der Waals surface area contributed by atoms with Crippen LogP contribution in [0, 0.1) is 5.82 Å². The molecule has 1 atom stereocenters. The lowest BCUT2D eigenvalue weighted by atomic mass is 9.94. The van der Waals surface area contributed by atoms with E-state index < -0.39 is 0 Å². The second-order valence-electron chi connectivity index (χ2n) is 5.65. The van der Waals surface area contributed by atoms with Crippen molar-refractivity contribution in [3.63, 3.8) is 0 Å². The maximum Gasteiger partial charge on any atom is 0.319 e. The van der Waals surface area contributed by atoms with Crippen LogP contribution in [0.25, 0.3) is 0 Å². The van der Waals surface area contributed by atoms with Gasteiger partial charge in [-0.3, -0.25) is 0 Å². The fourth-order valence-corrected chi connectivity index (χ4v) is 3.02. The summed E-state index contributed by atoms with van der Waals surface area (Å²) in [6.45, 7) is 7.07. The van der Waals surface area contributed by atoms with E-state index in [-0.39, 0.29) is 11.8 Å². The predicted molar refractivity (Wildman–Crippen MR) is 82.9 cm³/mol. The number of carbonyl (C=O) groups is 1. The molecule has 1 aliphatic heterocycles. The Hall–Kier alpha value is -1.58. The van der Waals surface area contributed by atoms with Gasteiger partial charge in [-0.25, -0.2) is 9.18 Å². The van der Waals surface area contributed by atoms with Gasteiger partial charge >= 0.3 is 6.03 Å². The molecule has 21 heavy (non-hydrogen) atoms. The second-order valence-corrected chi connectivity index (χ2v) is 5.65. The number of carbonyl (C=O) groups excluding carboxylic acids is 1. The van der Waals surface area contributed by atoms with Crippen molar-refractivity contribution in [2.45, 2.75) is 39.0 Å². The van der Waals surface area contributed by atoms with Gasteiger partial charge in [0.15, 0.2) is 0 Å². The van der Waals surface area contributed by atoms with Crippen molar-refractivity contribution >= 4 is 6.03 Å². The summed E-state index contributed by atoms with van der Waals surface area (Å²) >= 11 is 0. The van der Waals surface area contributed by atoms with E-state index in [9.17, 15) is 9.18 Å². The molecule has 116 valence electrons. The minimum absolute atomic E-state index is 0.133. The Morgan fingerprint density at radius 2 is 1.90 bits per heavy atom. The third kappa shape index (κ3) is 3.96. The van der Waals surface area contributed by atoms with E-state index >= 15 is 0 Å². The minimum Gasteiger partial charge on any atom is -0.325 e. The molecule has 0 radical (unpaired) electrons. The normalized spacial score (nSPS) is 19.2. The molecule has 1 aromatic carbocycles. The summed E-state index contributed by atoms with van der Waals surface area (Å²) in [6.07, 6.45) is 3.22. The lowest BCUT2D eigenvalue weighted by Gasteiger charge is -2.30. The summed E-state index contributed by atoms with van der Waals surface area (Å²) in [4.78, 5) is 16.4. The number of hydrogen-bond donors (Lipinski definition) is 0. The zero-order chi connectivity index (χ0) is 15.2. The third-order valence-electron chi connectivity index (χ3n) is 4.32. The Labute approximate surface area is 126 Å². The van der Waals surface area contributed by atoms with E-state index in [1.807, 2.05) is 35.8 Å². The van der Waals surface area contributed by atoms with Crippen LogP contribution in [0.5, 0.6) is 0 Å². The summed E-state index contributed by atoms with van der Waals surface area (Å²) in [7, 11) is 0. The van der Waals surface area contributed by atoms with Crippen molar-refractivity contribution in [2.24, 2.45) is 0 Å². The summed E-state index contributed by atoms with van der Waals surface area (Å²) < 4.78 is 13.1. The summed E-state index contributed by atoms with van der Waals surface area (Å²) in [5.74, 6) is 0.107. The highest BCUT2D eigenvalue weighted by atomic mass is 19.1. The standard InChI is InChI=1S/C17H25FN2O/c1-3-19(4-2)17(21)20-12-6-5-7-15(13-20)14-8-10-16(18)11-9-14/h8-11,15H,3-7,12-13H2,1-2H3. The van der Waals surface area contributed by atoms with Crippen molar-refractivity contribution < 1.29 is 9.18 Å². The van der Waals surface area contributed by atoms with E-state index in [2.05, 4.69) is 0 Å². The van der Waals surface area contributed by atoms with Gasteiger partial charge in [0.25, 0.3) is 0 Å². The maximum atomic E-state index is 13.1. The number of likely N-dealkylation sites (tertiary alicyclic amines) is 1. The summed E-state index contributed by atoms with van der Waals surface area (Å²) in [6, 6.07) is 6.86. The lowest BCUT2D eigenvalue weighted by Crippen LogP contribution is -2.44. The number of halogens is 1. The van der Waals surface area contributed by atoms with Crippen molar-refractivity contribution in [1.29, 1.82) is 0 Å². The molecule has 0 saturated carbocycles. The molecule has 1 saturated heterocycles. The van der Waals surface area contributed by atoms with Gasteiger partial charge < -0.3 is 9.80 Å². The Morgan fingerprint density at radius 1 is 1.24 bits per heavy atom. The molecule has 1 heterocycles. The van der Waals surface area contributed by atoms with Crippen LogP contribution in [0.3, 0.4) is 0 Å². The predicted octanol–water partition coefficient (Wildman–Crippen LogP) is 3.86. The van der Waals surface area contributed by atoms with Crippen LogP contribution in [0.1, 0.15) is 44.6 Å². The SMILES string of the molecule is CCN(CC)C(=O)N1CCCCC(c2ccc(F)cc2)C1. The molecule has 1 fully saturated rings. The molecule has 0 bridgehead atoms. The lowest BCUT2D eigenvalue weighted by molar-refractivity contribution is 0.157. The highest BCUT2D eigenvalue weighted by Gasteiger charge is 2.25. The molecule has 1 aromatic rings. The van der Waals surface area contributed by atoms with Crippen LogP contribution in [-0.4, -0.2) is 42.0 Å². The maximum absolute atomic E-state index is 13.1. The molecular formula is C17H25FN2O. The average molecular weight is 292 g/mol. The summed E-state index contributed by atoms with van der Waals surface area (Å²) in [5, 5.41) is 0. The van der Waals surface area contributed by atoms with E-state index in [0.717, 1.165) is 51.0 Å². The van der Waals surface area contributed by atoms with Crippen LogP contribution >= 0.6 is 0 Å². The Bertz CT molecular complexity index is 456. The largest absolute Gasteiger partial charge is 0.325 e. The zero-order valence-electron chi connectivity index (χ0n) is 13.0. The van der Waals surface area contributed by atoms with Crippen LogP contribution in [0.4, 0.5) is 9.18 Å². The van der Waals surface area contributed by atoms with Crippen LogP contribution < -0.4 is 0 Å². The van der Waals surface area contributed by atoms with E-state index in [0.29, 0.717) is 5.92 Å². The third-order valence-corrected chi connectivity index (χ3v) is 4.32. The first-order valence-corrected chi connectivity index (χ1v) is 7.95. The Morgan fingerprint density at radius 3 is 2.52 bits per heavy atom. The van der Waals surface area contributed by atoms with Gasteiger partial charge in [-0.1, -0.05) is 18.6 Å². The molecule has 0 spiro atoms. The molecule has 0 aliphatic carbocycles. The number of benzene rings is 1. The highest BCUT2D eigenvalue weighted by Crippen LogP contribution is 2.27. The smallest absolute Gasteiger partial charge is 0.319 e. The molecule has 1 aliphatic rings. The van der Waals surface area contributed by atoms with Gasteiger partial charge in [0.1, 0.15) is 5.82 Å². The van der Waals surface area contributed by atoms with Gasteiger partial charge in [-0.05, 0) is 44.4 Å². The van der Waals surface area contributed by atoms with Gasteiger partial charge in [0.2, 0.25) is 0 Å². The molecule has 0 N–H and O–H groups in total. The van der Waals surface area contributed by atoms with Gasteiger partial charge in [-0.2, -0.15) is 0 Å². The van der Waals surface area contributed by atoms with Gasteiger partial charge in [0.05, 0.1) is 0 Å². The van der Waals surface area contributed by atoms with E-state index in [4.69, 9.17) is 0 Å². The molecule has 1 unspecified atom stereocenters. The quantitative estimate of drug-likeness (QED) is 0.830. The number of urea groups is 1.